The Morgan fingerprint density at radius 3 is 2.87 bits per heavy atom. The lowest BCUT2D eigenvalue weighted by molar-refractivity contribution is 0.0111. The van der Waals surface area contributed by atoms with E-state index < -0.39 is 0 Å². The van der Waals surface area contributed by atoms with Crippen LogP contribution in [-0.2, 0) is 11.8 Å². The van der Waals surface area contributed by atoms with Gasteiger partial charge in [0.25, 0.3) is 0 Å². The molecule has 3 rings (SSSR count). The number of carbonyl (C=O) groups excluding carboxylic acids is 1. The summed E-state index contributed by atoms with van der Waals surface area (Å²) in [5, 5.41) is 7.21. The smallest absolute Gasteiger partial charge is 0.318 e. The topological polar surface area (TPSA) is 59.4 Å². The molecule has 6 nitrogen and oxygen atoms in total. The molecule has 1 aromatic carbocycles. The molecule has 1 aliphatic heterocycles. The van der Waals surface area contributed by atoms with Gasteiger partial charge in [0.2, 0.25) is 0 Å². The van der Waals surface area contributed by atoms with Gasteiger partial charge in [0.15, 0.2) is 0 Å². The summed E-state index contributed by atoms with van der Waals surface area (Å²) >= 11 is 0. The van der Waals surface area contributed by atoms with E-state index in [1.54, 1.807) is 10.9 Å². The SMILES string of the molecule is CC(NC(=O)N1CCOCC1c1ccccc1)c1cnn(C)c1. The Labute approximate surface area is 136 Å². The van der Waals surface area contributed by atoms with Crippen molar-refractivity contribution in [2.45, 2.75) is 19.0 Å². The molecule has 122 valence electrons. The summed E-state index contributed by atoms with van der Waals surface area (Å²) in [5.41, 5.74) is 2.08. The van der Waals surface area contributed by atoms with Gasteiger partial charge in [-0.25, -0.2) is 4.79 Å². The first kappa shape index (κ1) is 15.6. The first-order valence-corrected chi connectivity index (χ1v) is 7.83. The van der Waals surface area contributed by atoms with Crippen molar-refractivity contribution in [3.63, 3.8) is 0 Å². The second-order valence-electron chi connectivity index (χ2n) is 5.81. The minimum atomic E-state index is -0.0875. The monoisotopic (exact) mass is 314 g/mol. The van der Waals surface area contributed by atoms with Crippen molar-refractivity contribution in [2.24, 2.45) is 7.05 Å². The third-order valence-corrected chi connectivity index (χ3v) is 4.14. The van der Waals surface area contributed by atoms with Crippen LogP contribution in [0.15, 0.2) is 42.7 Å². The molecule has 1 aromatic heterocycles. The fourth-order valence-corrected chi connectivity index (χ4v) is 2.81. The number of rotatable bonds is 3. The zero-order valence-corrected chi connectivity index (χ0v) is 13.5. The summed E-state index contributed by atoms with van der Waals surface area (Å²) in [7, 11) is 1.87. The Morgan fingerprint density at radius 1 is 1.39 bits per heavy atom. The predicted octanol–water partition coefficient (Wildman–Crippen LogP) is 2.26. The highest BCUT2D eigenvalue weighted by atomic mass is 16.5. The van der Waals surface area contributed by atoms with Crippen molar-refractivity contribution in [3.8, 4) is 0 Å². The zero-order chi connectivity index (χ0) is 16.2. The van der Waals surface area contributed by atoms with Gasteiger partial charge in [0, 0.05) is 25.4 Å². The summed E-state index contributed by atoms with van der Waals surface area (Å²) in [5.74, 6) is 0. The van der Waals surface area contributed by atoms with Crippen LogP contribution in [0.5, 0.6) is 0 Å². The average molecular weight is 314 g/mol. The third kappa shape index (κ3) is 3.53. The van der Waals surface area contributed by atoms with Crippen molar-refractivity contribution in [1.82, 2.24) is 20.0 Å². The van der Waals surface area contributed by atoms with Crippen LogP contribution < -0.4 is 5.32 Å². The first-order chi connectivity index (χ1) is 11.1. The first-order valence-electron chi connectivity index (χ1n) is 7.83. The molecule has 2 amide bonds. The molecule has 2 aromatic rings. The molecule has 2 unspecified atom stereocenters. The molecule has 1 saturated heterocycles. The quantitative estimate of drug-likeness (QED) is 0.945. The lowest BCUT2D eigenvalue weighted by Gasteiger charge is -2.36. The molecule has 2 atom stereocenters. The molecule has 0 spiro atoms. The van der Waals surface area contributed by atoms with E-state index in [1.807, 2.05) is 55.4 Å². The van der Waals surface area contributed by atoms with Crippen LogP contribution in [0.3, 0.4) is 0 Å². The van der Waals surface area contributed by atoms with Crippen molar-refractivity contribution >= 4 is 6.03 Å². The van der Waals surface area contributed by atoms with Gasteiger partial charge in [-0.05, 0) is 12.5 Å². The maximum Gasteiger partial charge on any atom is 0.318 e. The Kier molecular flexibility index (Phi) is 4.62. The summed E-state index contributed by atoms with van der Waals surface area (Å²) in [4.78, 5) is 14.6. The van der Waals surface area contributed by atoms with Crippen LogP contribution in [0.2, 0.25) is 0 Å². The highest BCUT2D eigenvalue weighted by molar-refractivity contribution is 5.75. The second kappa shape index (κ2) is 6.83. The summed E-state index contributed by atoms with van der Waals surface area (Å²) in [6, 6.07) is 9.80. The number of hydrogen-bond acceptors (Lipinski definition) is 3. The van der Waals surface area contributed by atoms with E-state index >= 15 is 0 Å². The third-order valence-electron chi connectivity index (χ3n) is 4.14. The average Bonchev–Trinajstić information content (AvgIpc) is 3.02. The summed E-state index contributed by atoms with van der Waals surface area (Å²) in [6.45, 7) is 3.65. The fraction of sp³-hybridized carbons (Fsp3) is 0.412. The van der Waals surface area contributed by atoms with Gasteiger partial charge in [-0.3, -0.25) is 4.68 Å². The van der Waals surface area contributed by atoms with E-state index in [9.17, 15) is 4.79 Å². The maximum absolute atomic E-state index is 12.7. The number of carbonyl (C=O) groups is 1. The number of aromatic nitrogens is 2. The molecule has 2 heterocycles. The van der Waals surface area contributed by atoms with E-state index in [-0.39, 0.29) is 18.1 Å². The lowest BCUT2D eigenvalue weighted by Crippen LogP contribution is -2.48. The van der Waals surface area contributed by atoms with Gasteiger partial charge in [-0.1, -0.05) is 30.3 Å². The molecule has 0 aliphatic carbocycles. The van der Waals surface area contributed by atoms with Gasteiger partial charge in [0.1, 0.15) is 0 Å². The minimum Gasteiger partial charge on any atom is -0.377 e. The van der Waals surface area contributed by atoms with Crippen molar-refractivity contribution in [3.05, 3.63) is 53.9 Å². The van der Waals surface area contributed by atoms with E-state index in [1.165, 1.54) is 0 Å². The molecular weight excluding hydrogens is 292 g/mol. The molecule has 23 heavy (non-hydrogen) atoms. The lowest BCUT2D eigenvalue weighted by atomic mass is 10.1. The minimum absolute atomic E-state index is 0.0500. The molecule has 1 fully saturated rings. The van der Waals surface area contributed by atoms with Crippen molar-refractivity contribution < 1.29 is 9.53 Å². The normalized spacial score (nSPS) is 19.4. The number of morpholine rings is 1. The number of benzene rings is 1. The van der Waals surface area contributed by atoms with Gasteiger partial charge in [-0.2, -0.15) is 5.10 Å². The van der Waals surface area contributed by atoms with Gasteiger partial charge < -0.3 is 15.0 Å². The fourth-order valence-electron chi connectivity index (χ4n) is 2.81. The van der Waals surface area contributed by atoms with E-state index in [2.05, 4.69) is 10.4 Å². The largest absolute Gasteiger partial charge is 0.377 e. The van der Waals surface area contributed by atoms with E-state index in [0.717, 1.165) is 11.1 Å². The van der Waals surface area contributed by atoms with Crippen LogP contribution in [-0.4, -0.2) is 40.5 Å². The molecule has 1 aliphatic rings. The number of ether oxygens (including phenoxy) is 1. The van der Waals surface area contributed by atoms with Crippen molar-refractivity contribution in [2.75, 3.05) is 19.8 Å². The highest BCUT2D eigenvalue weighted by Crippen LogP contribution is 2.24. The van der Waals surface area contributed by atoms with E-state index in [0.29, 0.717) is 19.8 Å². The molecule has 0 radical (unpaired) electrons. The maximum atomic E-state index is 12.7. The Hall–Kier alpha value is -2.34. The second-order valence-corrected chi connectivity index (χ2v) is 5.81. The molecule has 0 bridgehead atoms. The van der Waals surface area contributed by atoms with Gasteiger partial charge >= 0.3 is 6.03 Å². The van der Waals surface area contributed by atoms with E-state index in [4.69, 9.17) is 4.74 Å². The molecular formula is C17H22N4O2. The summed E-state index contributed by atoms with van der Waals surface area (Å²) in [6.07, 6.45) is 3.69. The molecule has 0 saturated carbocycles. The Balaban J connectivity index is 1.71. The number of amides is 2. The number of nitrogens with zero attached hydrogens (tertiary/aromatic N) is 3. The van der Waals surface area contributed by atoms with Crippen LogP contribution in [0, 0.1) is 0 Å². The zero-order valence-electron chi connectivity index (χ0n) is 13.5. The van der Waals surface area contributed by atoms with Gasteiger partial charge in [-0.15, -0.1) is 0 Å². The van der Waals surface area contributed by atoms with Crippen LogP contribution >= 0.6 is 0 Å². The van der Waals surface area contributed by atoms with Crippen LogP contribution in [0.4, 0.5) is 4.79 Å². The number of hydrogen-bond donors (Lipinski definition) is 1. The standard InChI is InChI=1S/C17H22N4O2/c1-13(15-10-18-20(2)11-15)19-17(22)21-8-9-23-12-16(21)14-6-4-3-5-7-14/h3-7,10-11,13,16H,8-9,12H2,1-2H3,(H,19,22). The Morgan fingerprint density at radius 2 is 2.17 bits per heavy atom. The number of aryl methyl sites for hydroxylation is 1. The molecule has 1 N–H and O–H groups in total. The predicted molar refractivity (Wildman–Crippen MR) is 86.9 cm³/mol. The number of urea groups is 1. The Bertz CT molecular complexity index is 656. The summed E-state index contributed by atoms with van der Waals surface area (Å²) < 4.78 is 7.31. The molecule has 6 heteroatoms. The van der Waals surface area contributed by atoms with Crippen LogP contribution in [0.25, 0.3) is 0 Å². The number of nitrogens with one attached hydrogen (secondary N) is 1. The van der Waals surface area contributed by atoms with Gasteiger partial charge in [0.05, 0.1) is 31.5 Å². The van der Waals surface area contributed by atoms with Crippen LogP contribution in [0.1, 0.15) is 30.1 Å². The van der Waals surface area contributed by atoms with Crippen molar-refractivity contribution in [1.29, 1.82) is 0 Å². The highest BCUT2D eigenvalue weighted by Gasteiger charge is 2.29.